The van der Waals surface area contributed by atoms with E-state index in [-0.39, 0.29) is 6.17 Å². The van der Waals surface area contributed by atoms with Crippen LogP contribution in [0, 0.1) is 13.8 Å². The highest BCUT2D eigenvalue weighted by Crippen LogP contribution is 2.45. The summed E-state index contributed by atoms with van der Waals surface area (Å²) in [6.45, 7) is 5.21. The molecule has 0 bridgehead atoms. The summed E-state index contributed by atoms with van der Waals surface area (Å²) < 4.78 is 29.2. The van der Waals surface area contributed by atoms with E-state index >= 15 is 0 Å². The molecule has 3 aromatic carbocycles. The number of rotatable bonds is 2. The maximum atomic E-state index is 13.8. The minimum Gasteiger partial charge on any atom is -0.350 e. The first-order valence-electron chi connectivity index (χ1n) is 9.98. The fraction of sp³-hybridized carbons (Fsp3) is 0.250. The van der Waals surface area contributed by atoms with Gasteiger partial charge < -0.3 is 4.90 Å². The van der Waals surface area contributed by atoms with Crippen molar-refractivity contribution in [1.82, 2.24) is 4.31 Å². The van der Waals surface area contributed by atoms with Gasteiger partial charge in [0.25, 0.3) is 0 Å². The zero-order valence-electron chi connectivity index (χ0n) is 16.7. The van der Waals surface area contributed by atoms with Gasteiger partial charge in [0, 0.05) is 18.8 Å². The molecule has 0 saturated heterocycles. The van der Waals surface area contributed by atoms with Crippen molar-refractivity contribution in [1.29, 1.82) is 0 Å². The highest BCUT2D eigenvalue weighted by atomic mass is 32.2. The Labute approximate surface area is 172 Å². The second-order valence-corrected chi connectivity index (χ2v) is 9.90. The lowest BCUT2D eigenvalue weighted by Gasteiger charge is -2.48. The molecule has 0 unspecified atom stereocenters. The molecule has 5 heteroatoms. The van der Waals surface area contributed by atoms with E-state index in [9.17, 15) is 8.42 Å². The number of fused-ring (bicyclic) bond motifs is 5. The Hall–Kier alpha value is -2.63. The summed E-state index contributed by atoms with van der Waals surface area (Å²) in [5.41, 5.74) is 6.72. The fourth-order valence-corrected chi connectivity index (χ4v) is 6.07. The highest BCUT2D eigenvalue weighted by Gasteiger charge is 2.43. The first-order valence-corrected chi connectivity index (χ1v) is 11.4. The van der Waals surface area contributed by atoms with Gasteiger partial charge in [0.1, 0.15) is 6.17 Å². The quantitative estimate of drug-likeness (QED) is 0.628. The van der Waals surface area contributed by atoms with Crippen molar-refractivity contribution in [3.05, 3.63) is 94.5 Å². The van der Waals surface area contributed by atoms with Gasteiger partial charge in [0.2, 0.25) is 10.0 Å². The van der Waals surface area contributed by atoms with Crippen LogP contribution >= 0.6 is 0 Å². The number of hydrogen-bond donors (Lipinski definition) is 0. The van der Waals surface area contributed by atoms with E-state index < -0.39 is 10.0 Å². The molecule has 2 aliphatic rings. The lowest BCUT2D eigenvalue weighted by atomic mass is 9.92. The van der Waals surface area contributed by atoms with Crippen LogP contribution in [-0.2, 0) is 23.0 Å². The van der Waals surface area contributed by atoms with Crippen LogP contribution in [0.3, 0.4) is 0 Å². The Morgan fingerprint density at radius 1 is 0.862 bits per heavy atom. The Bertz CT molecular complexity index is 1190. The molecule has 0 fully saturated rings. The molecular formula is C24H24N2O2S. The van der Waals surface area contributed by atoms with Crippen LogP contribution in [0.4, 0.5) is 5.69 Å². The largest absolute Gasteiger partial charge is 0.350 e. The van der Waals surface area contributed by atoms with Gasteiger partial charge in [-0.3, -0.25) is 0 Å². The van der Waals surface area contributed by atoms with Gasteiger partial charge in [-0.05, 0) is 55.2 Å². The van der Waals surface area contributed by atoms with E-state index in [1.54, 1.807) is 16.4 Å². The van der Waals surface area contributed by atoms with E-state index in [0.29, 0.717) is 11.4 Å². The molecule has 0 saturated carbocycles. The summed E-state index contributed by atoms with van der Waals surface area (Å²) in [5.74, 6) is 0. The molecule has 0 radical (unpaired) electrons. The smallest absolute Gasteiger partial charge is 0.245 e. The van der Waals surface area contributed by atoms with E-state index in [1.807, 2.05) is 37.3 Å². The lowest BCUT2D eigenvalue weighted by Crippen LogP contribution is -2.50. The van der Waals surface area contributed by atoms with Gasteiger partial charge in [0.05, 0.1) is 4.90 Å². The van der Waals surface area contributed by atoms with Crippen molar-refractivity contribution in [3.63, 3.8) is 0 Å². The number of para-hydroxylation sites is 1. The fourth-order valence-electron chi connectivity index (χ4n) is 4.52. The Balaban J connectivity index is 1.71. The molecule has 0 aromatic heterocycles. The molecule has 3 aromatic rings. The summed E-state index contributed by atoms with van der Waals surface area (Å²) in [4.78, 5) is 2.61. The number of anilines is 1. The first-order chi connectivity index (χ1) is 13.9. The molecule has 1 atom stereocenters. The third-order valence-electron chi connectivity index (χ3n) is 6.02. The third kappa shape index (κ3) is 2.96. The predicted molar refractivity (Wildman–Crippen MR) is 115 cm³/mol. The van der Waals surface area contributed by atoms with Crippen LogP contribution in [-0.4, -0.2) is 19.3 Å². The Morgan fingerprint density at radius 2 is 1.59 bits per heavy atom. The monoisotopic (exact) mass is 404 g/mol. The predicted octanol–water partition coefficient (Wildman–Crippen LogP) is 4.57. The van der Waals surface area contributed by atoms with Crippen LogP contribution in [0.25, 0.3) is 0 Å². The van der Waals surface area contributed by atoms with Crippen molar-refractivity contribution >= 4 is 15.7 Å². The summed E-state index contributed by atoms with van der Waals surface area (Å²) >= 11 is 0. The van der Waals surface area contributed by atoms with Gasteiger partial charge in [-0.25, -0.2) is 8.42 Å². The molecular weight excluding hydrogens is 380 g/mol. The van der Waals surface area contributed by atoms with Crippen LogP contribution in [0.5, 0.6) is 0 Å². The number of sulfonamides is 1. The van der Waals surface area contributed by atoms with Gasteiger partial charge in [-0.2, -0.15) is 4.31 Å². The molecule has 0 N–H and O–H groups in total. The average Bonchev–Trinajstić information content (AvgIpc) is 2.73. The molecule has 4 nitrogen and oxygen atoms in total. The summed E-state index contributed by atoms with van der Waals surface area (Å²) in [5, 5.41) is 0. The van der Waals surface area contributed by atoms with E-state index in [2.05, 4.69) is 36.1 Å². The van der Waals surface area contributed by atoms with Crippen LogP contribution in [0.1, 0.15) is 34.0 Å². The number of benzene rings is 3. The van der Waals surface area contributed by atoms with Crippen molar-refractivity contribution < 1.29 is 8.42 Å². The maximum Gasteiger partial charge on any atom is 0.245 e. The summed E-state index contributed by atoms with van der Waals surface area (Å²) in [6, 6.07) is 21.7. The van der Waals surface area contributed by atoms with Gasteiger partial charge >= 0.3 is 0 Å². The molecule has 148 valence electrons. The molecule has 0 spiro atoms. The maximum absolute atomic E-state index is 13.8. The van der Waals surface area contributed by atoms with Crippen molar-refractivity contribution in [2.45, 2.75) is 37.9 Å². The zero-order valence-corrected chi connectivity index (χ0v) is 17.5. The SMILES string of the molecule is Cc1ccc(S(=O)(=O)N2Cc3ccccc3N3CCc4ccc(C)cc4[C@@H]32)cc1. The van der Waals surface area contributed by atoms with Gasteiger partial charge in [-0.1, -0.05) is 59.7 Å². The molecule has 5 rings (SSSR count). The highest BCUT2D eigenvalue weighted by molar-refractivity contribution is 7.89. The van der Waals surface area contributed by atoms with Gasteiger partial charge in [-0.15, -0.1) is 0 Å². The number of hydrogen-bond acceptors (Lipinski definition) is 3. The first kappa shape index (κ1) is 18.4. The summed E-state index contributed by atoms with van der Waals surface area (Å²) in [7, 11) is -3.66. The molecule has 2 heterocycles. The zero-order chi connectivity index (χ0) is 20.2. The lowest BCUT2D eigenvalue weighted by molar-refractivity contribution is 0.281. The topological polar surface area (TPSA) is 40.6 Å². The average molecular weight is 405 g/mol. The molecule has 29 heavy (non-hydrogen) atoms. The van der Waals surface area contributed by atoms with E-state index in [1.165, 1.54) is 5.56 Å². The molecule has 0 aliphatic carbocycles. The number of aryl methyl sites for hydroxylation is 2. The second-order valence-electron chi connectivity index (χ2n) is 8.01. The number of nitrogens with zero attached hydrogens (tertiary/aromatic N) is 2. The normalized spacial score (nSPS) is 18.7. The van der Waals surface area contributed by atoms with E-state index in [4.69, 9.17) is 0 Å². The van der Waals surface area contributed by atoms with Crippen LogP contribution in [0.15, 0.2) is 71.6 Å². The van der Waals surface area contributed by atoms with Crippen molar-refractivity contribution in [3.8, 4) is 0 Å². The third-order valence-corrected chi connectivity index (χ3v) is 7.84. The van der Waals surface area contributed by atoms with Crippen molar-refractivity contribution in [2.24, 2.45) is 0 Å². The second kappa shape index (κ2) is 6.71. The minimum absolute atomic E-state index is 0.320. The van der Waals surface area contributed by atoms with Crippen molar-refractivity contribution in [2.75, 3.05) is 11.4 Å². The minimum atomic E-state index is -3.66. The van der Waals surface area contributed by atoms with E-state index in [0.717, 1.165) is 40.9 Å². The Kier molecular flexibility index (Phi) is 4.26. The molecule has 2 aliphatic heterocycles. The van der Waals surface area contributed by atoms with Crippen LogP contribution < -0.4 is 4.90 Å². The van der Waals surface area contributed by atoms with Crippen LogP contribution in [0.2, 0.25) is 0 Å². The van der Waals surface area contributed by atoms with Gasteiger partial charge in [0.15, 0.2) is 0 Å². The Morgan fingerprint density at radius 3 is 2.38 bits per heavy atom. The standard InChI is InChI=1S/C24H24N2O2S/c1-17-8-11-21(12-9-17)29(27,28)26-16-20-5-3-4-6-23(20)25-14-13-19-10-7-18(2)15-22(19)24(25)26/h3-12,15,24H,13-14,16H2,1-2H3/t24-/m0/s1. The molecule has 0 amide bonds. The summed E-state index contributed by atoms with van der Waals surface area (Å²) in [6.07, 6.45) is 0.596.